The third kappa shape index (κ3) is 2.53. The zero-order valence-corrected chi connectivity index (χ0v) is 11.7. The normalized spacial score (nSPS) is 18.6. The molecule has 1 atom stereocenters. The van der Waals surface area contributed by atoms with Crippen molar-refractivity contribution in [3.8, 4) is 0 Å². The molecule has 4 nitrogen and oxygen atoms in total. The van der Waals surface area contributed by atoms with Crippen LogP contribution in [0.2, 0.25) is 0 Å². The summed E-state index contributed by atoms with van der Waals surface area (Å²) in [5.74, 6) is 3.08. The van der Waals surface area contributed by atoms with Crippen LogP contribution >= 0.6 is 11.8 Å². The summed E-state index contributed by atoms with van der Waals surface area (Å²) in [5, 5.41) is 0.660. The molecule has 1 aliphatic rings. The first kappa shape index (κ1) is 12.7. The molecule has 2 aromatic rings. The van der Waals surface area contributed by atoms with Crippen molar-refractivity contribution < 1.29 is 0 Å². The lowest BCUT2D eigenvalue weighted by atomic mass is 10.2. The van der Waals surface area contributed by atoms with Gasteiger partial charge < -0.3 is 4.98 Å². The summed E-state index contributed by atoms with van der Waals surface area (Å²) in [6.07, 6.45) is 0. The molecular formula is C14H17N3OS. The molecular weight excluding hydrogens is 258 g/mol. The van der Waals surface area contributed by atoms with E-state index in [1.165, 1.54) is 0 Å². The van der Waals surface area contributed by atoms with E-state index in [4.69, 9.17) is 0 Å². The zero-order valence-electron chi connectivity index (χ0n) is 10.9. The summed E-state index contributed by atoms with van der Waals surface area (Å²) < 4.78 is 0. The number of benzene rings is 1. The van der Waals surface area contributed by atoms with E-state index in [0.29, 0.717) is 5.39 Å². The van der Waals surface area contributed by atoms with Crippen molar-refractivity contribution in [1.82, 2.24) is 14.9 Å². The average molecular weight is 275 g/mol. The lowest BCUT2D eigenvalue weighted by Crippen LogP contribution is -2.36. The molecule has 100 valence electrons. The predicted octanol–water partition coefficient (Wildman–Crippen LogP) is 2.03. The van der Waals surface area contributed by atoms with Gasteiger partial charge in [0.1, 0.15) is 5.82 Å². The highest BCUT2D eigenvalue weighted by Gasteiger charge is 2.20. The molecule has 1 fully saturated rings. The number of nitrogens with one attached hydrogen (secondary N) is 1. The highest BCUT2D eigenvalue weighted by molar-refractivity contribution is 7.99. The van der Waals surface area contributed by atoms with E-state index < -0.39 is 0 Å². The molecule has 5 heteroatoms. The summed E-state index contributed by atoms with van der Waals surface area (Å²) in [7, 11) is 0. The molecule has 0 radical (unpaired) electrons. The fraction of sp³-hybridized carbons (Fsp3) is 0.429. The standard InChI is InChI=1S/C14H17N3OS/c1-10(17-6-8-19-9-7-17)13-15-12-5-3-2-4-11(12)14(18)16-13/h2-5,10H,6-9H2,1H3,(H,15,16,18)/t10-/m1/s1. The smallest absolute Gasteiger partial charge is 0.258 e. The van der Waals surface area contributed by atoms with Crippen LogP contribution in [0.4, 0.5) is 0 Å². The summed E-state index contributed by atoms with van der Waals surface area (Å²) in [4.78, 5) is 22.0. The third-order valence-electron chi connectivity index (χ3n) is 3.62. The van der Waals surface area contributed by atoms with Crippen LogP contribution in [0, 0.1) is 0 Å². The second-order valence-corrected chi connectivity index (χ2v) is 6.02. The molecule has 2 heterocycles. The number of aromatic nitrogens is 2. The number of thioether (sulfide) groups is 1. The van der Waals surface area contributed by atoms with Crippen molar-refractivity contribution >= 4 is 22.7 Å². The van der Waals surface area contributed by atoms with Crippen LogP contribution in [0.25, 0.3) is 10.9 Å². The highest BCUT2D eigenvalue weighted by Crippen LogP contribution is 2.21. The van der Waals surface area contributed by atoms with E-state index in [9.17, 15) is 4.79 Å². The molecule has 0 bridgehead atoms. The fourth-order valence-corrected chi connectivity index (χ4v) is 3.37. The van der Waals surface area contributed by atoms with Crippen LogP contribution in [-0.2, 0) is 0 Å². The highest BCUT2D eigenvalue weighted by atomic mass is 32.2. The molecule has 0 unspecified atom stereocenters. The Morgan fingerprint density at radius 3 is 2.84 bits per heavy atom. The Kier molecular flexibility index (Phi) is 3.57. The quantitative estimate of drug-likeness (QED) is 0.911. The Labute approximate surface area is 116 Å². The van der Waals surface area contributed by atoms with Gasteiger partial charge in [-0.1, -0.05) is 12.1 Å². The van der Waals surface area contributed by atoms with Crippen molar-refractivity contribution in [3.05, 3.63) is 40.4 Å². The maximum atomic E-state index is 12.1. The maximum Gasteiger partial charge on any atom is 0.258 e. The molecule has 1 aliphatic heterocycles. The predicted molar refractivity (Wildman–Crippen MR) is 79.7 cm³/mol. The van der Waals surface area contributed by atoms with E-state index >= 15 is 0 Å². The maximum absolute atomic E-state index is 12.1. The van der Waals surface area contributed by atoms with E-state index in [2.05, 4.69) is 21.8 Å². The molecule has 1 aromatic heterocycles. The number of hydrogen-bond acceptors (Lipinski definition) is 4. The van der Waals surface area contributed by atoms with Crippen molar-refractivity contribution in [3.63, 3.8) is 0 Å². The van der Waals surface area contributed by atoms with Gasteiger partial charge in [-0.3, -0.25) is 9.69 Å². The van der Waals surface area contributed by atoms with Crippen molar-refractivity contribution in [2.24, 2.45) is 0 Å². The second-order valence-electron chi connectivity index (χ2n) is 4.79. The Morgan fingerprint density at radius 2 is 2.05 bits per heavy atom. The van der Waals surface area contributed by atoms with Gasteiger partial charge in [-0.15, -0.1) is 0 Å². The molecule has 19 heavy (non-hydrogen) atoms. The van der Waals surface area contributed by atoms with Crippen molar-refractivity contribution in [2.75, 3.05) is 24.6 Å². The zero-order chi connectivity index (χ0) is 13.2. The lowest BCUT2D eigenvalue weighted by Gasteiger charge is -2.31. The Morgan fingerprint density at radius 1 is 1.32 bits per heavy atom. The van der Waals surface area contributed by atoms with Crippen LogP contribution in [0.3, 0.4) is 0 Å². The minimum Gasteiger partial charge on any atom is -0.309 e. The minimum absolute atomic E-state index is 0.0427. The SMILES string of the molecule is C[C@H](c1nc2ccccc2c(=O)[nH]1)N1CCSCC1. The fourth-order valence-electron chi connectivity index (χ4n) is 2.44. The molecule has 1 saturated heterocycles. The molecule has 0 saturated carbocycles. The van der Waals surface area contributed by atoms with Gasteiger partial charge in [0.25, 0.3) is 5.56 Å². The average Bonchev–Trinajstić information content (AvgIpc) is 2.47. The summed E-state index contributed by atoms with van der Waals surface area (Å²) in [5.41, 5.74) is 0.735. The Balaban J connectivity index is 1.98. The molecule has 1 aromatic carbocycles. The number of H-pyrrole nitrogens is 1. The lowest BCUT2D eigenvalue weighted by molar-refractivity contribution is 0.225. The van der Waals surface area contributed by atoms with Gasteiger partial charge in [-0.25, -0.2) is 4.98 Å². The van der Waals surface area contributed by atoms with Gasteiger partial charge in [0.05, 0.1) is 16.9 Å². The Hall–Kier alpha value is -1.33. The molecule has 0 spiro atoms. The van der Waals surface area contributed by atoms with E-state index in [1.54, 1.807) is 0 Å². The minimum atomic E-state index is -0.0427. The van der Waals surface area contributed by atoms with Crippen LogP contribution in [-0.4, -0.2) is 39.5 Å². The summed E-state index contributed by atoms with van der Waals surface area (Å²) >= 11 is 1.98. The van der Waals surface area contributed by atoms with Gasteiger partial charge in [0.15, 0.2) is 0 Å². The Bertz CT molecular complexity index is 634. The van der Waals surface area contributed by atoms with Crippen molar-refractivity contribution in [1.29, 1.82) is 0 Å². The monoisotopic (exact) mass is 275 g/mol. The molecule has 0 aliphatic carbocycles. The number of aromatic amines is 1. The number of hydrogen-bond donors (Lipinski definition) is 1. The third-order valence-corrected chi connectivity index (χ3v) is 4.56. The first-order valence-corrected chi connectivity index (χ1v) is 7.72. The van der Waals surface area contributed by atoms with Gasteiger partial charge in [0.2, 0.25) is 0 Å². The van der Waals surface area contributed by atoms with Crippen LogP contribution in [0.5, 0.6) is 0 Å². The number of rotatable bonds is 2. The van der Waals surface area contributed by atoms with Crippen LogP contribution in [0.1, 0.15) is 18.8 Å². The second kappa shape index (κ2) is 5.35. The van der Waals surface area contributed by atoms with Gasteiger partial charge in [-0.2, -0.15) is 11.8 Å². The first-order valence-electron chi connectivity index (χ1n) is 6.56. The van der Waals surface area contributed by atoms with Crippen LogP contribution in [0.15, 0.2) is 29.1 Å². The van der Waals surface area contributed by atoms with Gasteiger partial charge >= 0.3 is 0 Å². The molecule has 1 N–H and O–H groups in total. The summed E-state index contributed by atoms with van der Waals surface area (Å²) in [6.45, 7) is 4.23. The van der Waals surface area contributed by atoms with E-state index in [-0.39, 0.29) is 11.6 Å². The topological polar surface area (TPSA) is 49.0 Å². The van der Waals surface area contributed by atoms with Crippen LogP contribution < -0.4 is 5.56 Å². The number of fused-ring (bicyclic) bond motifs is 1. The van der Waals surface area contributed by atoms with Gasteiger partial charge in [-0.05, 0) is 19.1 Å². The summed E-state index contributed by atoms with van der Waals surface area (Å²) in [6, 6.07) is 7.66. The van der Waals surface area contributed by atoms with Gasteiger partial charge in [0, 0.05) is 24.6 Å². The number of para-hydroxylation sites is 1. The molecule has 3 rings (SSSR count). The molecule has 0 amide bonds. The number of nitrogens with zero attached hydrogens (tertiary/aromatic N) is 2. The largest absolute Gasteiger partial charge is 0.309 e. The van der Waals surface area contributed by atoms with Crippen molar-refractivity contribution in [2.45, 2.75) is 13.0 Å². The first-order chi connectivity index (χ1) is 9.25. The van der Waals surface area contributed by atoms with E-state index in [0.717, 1.165) is 35.9 Å². The van der Waals surface area contributed by atoms with E-state index in [1.807, 2.05) is 36.0 Å².